The minimum Gasteiger partial charge on any atom is -0.396 e. The van der Waals surface area contributed by atoms with E-state index in [1.807, 2.05) is 12.3 Å². The number of fused-ring (bicyclic) bond motifs is 2. The van der Waals surface area contributed by atoms with Crippen LogP contribution in [0, 0.1) is 29.1 Å². The number of terminal acetylenes is 1. The molecule has 0 aliphatic heterocycles. The standard InChI is InChI=1S/C24H30N2O3S2/c1-5-9-26(4)20(29)11-16-21-17(31-22(25-21)15-7-10-30-13-15)12-18-23(16,2)8-6-19(28)24(18,3)14-27/h1,7,10,13,16,18-19,27-28H,6,8-9,11-12,14H2,2-4H3/t16-,18+,19-,23+,24+/m1/s1. The molecule has 166 valence electrons. The van der Waals surface area contributed by atoms with Gasteiger partial charge in [0, 0.05) is 40.6 Å². The number of carbonyl (C=O) groups excluding carboxylic acids is 1. The van der Waals surface area contributed by atoms with Gasteiger partial charge in [0.25, 0.3) is 0 Å². The summed E-state index contributed by atoms with van der Waals surface area (Å²) in [6, 6.07) is 2.08. The lowest BCUT2D eigenvalue weighted by atomic mass is 9.47. The lowest BCUT2D eigenvalue weighted by Crippen LogP contribution is -2.57. The molecule has 0 unspecified atom stereocenters. The number of rotatable bonds is 5. The molecule has 7 heteroatoms. The molecule has 5 nitrogen and oxygen atoms in total. The third-order valence-corrected chi connectivity index (χ3v) is 9.62. The normalized spacial score (nSPS) is 32.1. The molecule has 1 fully saturated rings. The molecular formula is C24H30N2O3S2. The zero-order chi connectivity index (χ0) is 22.4. The average molecular weight is 459 g/mol. The fourth-order valence-corrected chi connectivity index (χ4v) is 7.59. The molecule has 0 saturated heterocycles. The van der Waals surface area contributed by atoms with E-state index in [-0.39, 0.29) is 36.3 Å². The van der Waals surface area contributed by atoms with Crippen molar-refractivity contribution in [3.05, 3.63) is 27.4 Å². The number of aromatic nitrogens is 1. The number of amides is 1. The van der Waals surface area contributed by atoms with Crippen LogP contribution in [-0.4, -0.2) is 52.3 Å². The maximum absolute atomic E-state index is 13.1. The highest BCUT2D eigenvalue weighted by Crippen LogP contribution is 2.63. The van der Waals surface area contributed by atoms with Crippen molar-refractivity contribution >= 4 is 28.6 Å². The smallest absolute Gasteiger partial charge is 0.223 e. The Bertz CT molecular complexity index is 995. The van der Waals surface area contributed by atoms with E-state index >= 15 is 0 Å². The quantitative estimate of drug-likeness (QED) is 0.669. The Morgan fingerprint density at radius 1 is 1.45 bits per heavy atom. The van der Waals surface area contributed by atoms with E-state index in [0.29, 0.717) is 12.8 Å². The van der Waals surface area contributed by atoms with Crippen LogP contribution in [-0.2, 0) is 11.2 Å². The molecule has 1 saturated carbocycles. The lowest BCUT2D eigenvalue weighted by molar-refractivity contribution is -0.146. The minimum absolute atomic E-state index is 0.0117. The number of hydrogen-bond donors (Lipinski definition) is 2. The summed E-state index contributed by atoms with van der Waals surface area (Å²) in [4.78, 5) is 20.9. The van der Waals surface area contributed by atoms with E-state index in [1.165, 1.54) is 4.88 Å². The highest BCUT2D eigenvalue weighted by Gasteiger charge is 2.59. The summed E-state index contributed by atoms with van der Waals surface area (Å²) < 4.78 is 0. The summed E-state index contributed by atoms with van der Waals surface area (Å²) in [6.45, 7) is 4.43. The Hall–Kier alpha value is -1.72. The van der Waals surface area contributed by atoms with Gasteiger partial charge in [0.05, 0.1) is 24.9 Å². The molecular weight excluding hydrogens is 428 g/mol. The zero-order valence-corrected chi connectivity index (χ0v) is 19.9. The monoisotopic (exact) mass is 458 g/mol. The molecule has 2 aromatic heterocycles. The summed E-state index contributed by atoms with van der Waals surface area (Å²) >= 11 is 3.33. The third-order valence-electron chi connectivity index (χ3n) is 7.79. The first-order valence-corrected chi connectivity index (χ1v) is 12.5. The van der Waals surface area contributed by atoms with Crippen LogP contribution in [0.4, 0.5) is 0 Å². The van der Waals surface area contributed by atoms with E-state index in [0.717, 1.165) is 29.1 Å². The van der Waals surface area contributed by atoms with Gasteiger partial charge in [-0.25, -0.2) is 4.98 Å². The second-order valence-electron chi connectivity index (χ2n) is 9.53. The van der Waals surface area contributed by atoms with Gasteiger partial charge in [-0.2, -0.15) is 11.3 Å². The summed E-state index contributed by atoms with van der Waals surface area (Å²) in [5.74, 6) is 2.55. The van der Waals surface area contributed by atoms with Gasteiger partial charge >= 0.3 is 0 Å². The van der Waals surface area contributed by atoms with E-state index in [1.54, 1.807) is 34.6 Å². The first-order chi connectivity index (χ1) is 14.7. The first kappa shape index (κ1) is 22.5. The Labute approximate surface area is 192 Å². The van der Waals surface area contributed by atoms with Crippen molar-refractivity contribution in [1.29, 1.82) is 0 Å². The Balaban J connectivity index is 1.80. The van der Waals surface area contributed by atoms with Crippen molar-refractivity contribution in [3.8, 4) is 22.9 Å². The van der Waals surface area contributed by atoms with Crippen LogP contribution in [0.3, 0.4) is 0 Å². The largest absolute Gasteiger partial charge is 0.396 e. The highest BCUT2D eigenvalue weighted by molar-refractivity contribution is 7.15. The van der Waals surface area contributed by atoms with Gasteiger partial charge in [-0.3, -0.25) is 4.79 Å². The van der Waals surface area contributed by atoms with E-state index in [9.17, 15) is 15.0 Å². The topological polar surface area (TPSA) is 73.7 Å². The maximum Gasteiger partial charge on any atom is 0.223 e. The molecule has 1 amide bonds. The second-order valence-corrected chi connectivity index (χ2v) is 11.4. The zero-order valence-electron chi connectivity index (χ0n) is 18.3. The molecule has 2 aromatic rings. The maximum atomic E-state index is 13.1. The molecule has 5 atom stereocenters. The van der Waals surface area contributed by atoms with Crippen LogP contribution in [0.25, 0.3) is 10.6 Å². The van der Waals surface area contributed by atoms with Crippen LogP contribution >= 0.6 is 22.7 Å². The summed E-state index contributed by atoms with van der Waals surface area (Å²) in [6.07, 6.45) is 7.40. The van der Waals surface area contributed by atoms with Crippen LogP contribution in [0.15, 0.2) is 16.8 Å². The number of thiazole rings is 1. The predicted molar refractivity (Wildman–Crippen MR) is 125 cm³/mol. The van der Waals surface area contributed by atoms with Crippen LogP contribution in [0.2, 0.25) is 0 Å². The molecule has 0 aromatic carbocycles. The van der Waals surface area contributed by atoms with Gasteiger partial charge < -0.3 is 15.1 Å². The van der Waals surface area contributed by atoms with Gasteiger partial charge in [-0.05, 0) is 42.0 Å². The third kappa shape index (κ3) is 3.64. The molecule has 2 aliphatic rings. The van der Waals surface area contributed by atoms with E-state index < -0.39 is 11.5 Å². The van der Waals surface area contributed by atoms with Crippen molar-refractivity contribution < 1.29 is 15.0 Å². The van der Waals surface area contributed by atoms with Crippen molar-refractivity contribution in [2.75, 3.05) is 20.2 Å². The molecule has 0 bridgehead atoms. The Kier molecular flexibility index (Phi) is 6.04. The van der Waals surface area contributed by atoms with Crippen LogP contribution < -0.4 is 0 Å². The highest BCUT2D eigenvalue weighted by atomic mass is 32.1. The average Bonchev–Trinajstić information content (AvgIpc) is 3.42. The van der Waals surface area contributed by atoms with Crippen LogP contribution in [0.1, 0.15) is 49.6 Å². The van der Waals surface area contributed by atoms with Crippen molar-refractivity contribution in [3.63, 3.8) is 0 Å². The van der Waals surface area contributed by atoms with Gasteiger partial charge in [0.1, 0.15) is 5.01 Å². The number of nitrogens with zero attached hydrogens (tertiary/aromatic N) is 2. The van der Waals surface area contributed by atoms with Crippen molar-refractivity contribution in [2.24, 2.45) is 16.7 Å². The van der Waals surface area contributed by atoms with Crippen molar-refractivity contribution in [1.82, 2.24) is 9.88 Å². The minimum atomic E-state index is -0.608. The van der Waals surface area contributed by atoms with Gasteiger partial charge in [-0.15, -0.1) is 17.8 Å². The van der Waals surface area contributed by atoms with E-state index in [2.05, 4.69) is 24.3 Å². The SMILES string of the molecule is C#CCN(C)C(=O)C[C@@H]1c2nc(-c3ccsc3)sc2C[C@@H]2[C@](C)(CO)[C@H](O)CC[C@]21C. The van der Waals surface area contributed by atoms with E-state index in [4.69, 9.17) is 11.4 Å². The van der Waals surface area contributed by atoms with Gasteiger partial charge in [0.15, 0.2) is 0 Å². The van der Waals surface area contributed by atoms with Crippen molar-refractivity contribution in [2.45, 2.75) is 51.6 Å². The molecule has 2 aliphatic carbocycles. The number of carbonyl (C=O) groups is 1. The fraction of sp³-hybridized carbons (Fsp3) is 0.583. The van der Waals surface area contributed by atoms with Crippen LogP contribution in [0.5, 0.6) is 0 Å². The van der Waals surface area contributed by atoms with Gasteiger partial charge in [-0.1, -0.05) is 19.8 Å². The lowest BCUT2D eigenvalue weighted by Gasteiger charge is -2.58. The first-order valence-electron chi connectivity index (χ1n) is 10.7. The summed E-state index contributed by atoms with van der Waals surface area (Å²) in [7, 11) is 1.74. The number of hydrogen-bond acceptors (Lipinski definition) is 6. The predicted octanol–water partition coefficient (Wildman–Crippen LogP) is 3.77. The molecule has 2 heterocycles. The summed E-state index contributed by atoms with van der Waals surface area (Å²) in [5.41, 5.74) is 1.28. The fourth-order valence-electron chi connectivity index (χ4n) is 5.71. The molecule has 0 spiro atoms. The Morgan fingerprint density at radius 3 is 2.87 bits per heavy atom. The molecule has 31 heavy (non-hydrogen) atoms. The number of aliphatic hydroxyl groups excluding tert-OH is 2. The molecule has 0 radical (unpaired) electrons. The number of aliphatic hydroxyl groups is 2. The molecule has 4 rings (SSSR count). The molecule has 2 N–H and O–H groups in total. The summed E-state index contributed by atoms with van der Waals surface area (Å²) in [5, 5.41) is 26.3. The second kappa shape index (κ2) is 8.32. The van der Waals surface area contributed by atoms with Gasteiger partial charge in [0.2, 0.25) is 5.91 Å². The number of thiophene rings is 1. The Morgan fingerprint density at radius 2 is 2.23 bits per heavy atom.